The molecule has 1 atom stereocenters. The smallest absolute Gasteiger partial charge is 0.263 e. The van der Waals surface area contributed by atoms with E-state index in [0.29, 0.717) is 28.9 Å². The highest BCUT2D eigenvalue weighted by molar-refractivity contribution is 6.30. The quantitative estimate of drug-likeness (QED) is 0.719. The first kappa shape index (κ1) is 21.1. The Bertz CT molecular complexity index is 781. The molecule has 2 amide bonds. The van der Waals surface area contributed by atoms with Gasteiger partial charge in [-0.15, -0.1) is 0 Å². The molecule has 0 spiro atoms. The second-order valence-electron chi connectivity index (χ2n) is 5.97. The lowest BCUT2D eigenvalue weighted by molar-refractivity contribution is -0.141. The third-order valence-corrected chi connectivity index (χ3v) is 4.37. The fourth-order valence-corrected chi connectivity index (χ4v) is 2.74. The molecule has 7 heteroatoms. The molecule has 1 unspecified atom stereocenters. The van der Waals surface area contributed by atoms with E-state index in [2.05, 4.69) is 5.32 Å². The number of benzene rings is 2. The second kappa shape index (κ2) is 10.2. The first-order valence-electron chi connectivity index (χ1n) is 8.61. The third kappa shape index (κ3) is 6.77. The topological polar surface area (TPSA) is 58.6 Å². The second-order valence-corrected chi connectivity index (χ2v) is 6.85. The van der Waals surface area contributed by atoms with E-state index in [1.165, 1.54) is 4.90 Å². The summed E-state index contributed by atoms with van der Waals surface area (Å²) >= 11 is 11.8. The molecule has 0 saturated carbocycles. The Labute approximate surface area is 169 Å². The van der Waals surface area contributed by atoms with E-state index in [-0.39, 0.29) is 18.4 Å². The predicted molar refractivity (Wildman–Crippen MR) is 107 cm³/mol. The van der Waals surface area contributed by atoms with Crippen molar-refractivity contribution < 1.29 is 14.3 Å². The maximum atomic E-state index is 12.6. The zero-order valence-corrected chi connectivity index (χ0v) is 16.8. The zero-order valence-electron chi connectivity index (χ0n) is 15.2. The molecule has 2 aromatic carbocycles. The molecule has 27 heavy (non-hydrogen) atoms. The molecule has 0 fully saturated rings. The lowest BCUT2D eigenvalue weighted by Crippen LogP contribution is -2.45. The summed E-state index contributed by atoms with van der Waals surface area (Å²) in [7, 11) is 0. The summed E-state index contributed by atoms with van der Waals surface area (Å²) in [4.78, 5) is 26.2. The number of rotatable bonds is 8. The molecule has 0 aliphatic heterocycles. The molecule has 0 aliphatic carbocycles. The zero-order chi connectivity index (χ0) is 19.8. The van der Waals surface area contributed by atoms with Crippen LogP contribution in [0.15, 0.2) is 48.5 Å². The summed E-state index contributed by atoms with van der Waals surface area (Å²) in [6, 6.07) is 14.0. The molecule has 0 aliphatic rings. The predicted octanol–water partition coefficient (Wildman–Crippen LogP) is 3.93. The first-order valence-corrected chi connectivity index (χ1v) is 9.36. The highest BCUT2D eigenvalue weighted by atomic mass is 35.5. The van der Waals surface area contributed by atoms with Crippen molar-refractivity contribution in [2.45, 2.75) is 26.5 Å². The third-order valence-electron chi connectivity index (χ3n) is 3.89. The Balaban J connectivity index is 1.87. The van der Waals surface area contributed by atoms with Gasteiger partial charge in [-0.1, -0.05) is 41.4 Å². The summed E-state index contributed by atoms with van der Waals surface area (Å²) in [6.07, 6.45) is -0.729. The van der Waals surface area contributed by atoms with Gasteiger partial charge in [-0.2, -0.15) is 0 Å². The normalized spacial score (nSPS) is 11.6. The molecule has 1 N–H and O–H groups in total. The standard InChI is InChI=1S/C20H22Cl2N2O3/c1-3-24(13-19(25)23-12-15-7-9-16(21)10-8-15)20(26)14(2)27-18-6-4-5-17(22)11-18/h4-11,14H,3,12-13H2,1-2H3,(H,23,25). The van der Waals surface area contributed by atoms with Crippen LogP contribution in [-0.4, -0.2) is 35.9 Å². The average Bonchev–Trinajstić information content (AvgIpc) is 2.65. The van der Waals surface area contributed by atoms with Crippen molar-refractivity contribution in [1.29, 1.82) is 0 Å². The number of halogens is 2. The number of amides is 2. The van der Waals surface area contributed by atoms with Crippen molar-refractivity contribution in [1.82, 2.24) is 10.2 Å². The van der Waals surface area contributed by atoms with Crippen LogP contribution >= 0.6 is 23.2 Å². The fourth-order valence-electron chi connectivity index (χ4n) is 2.43. The Morgan fingerprint density at radius 2 is 1.81 bits per heavy atom. The number of carbonyl (C=O) groups is 2. The number of carbonyl (C=O) groups excluding carboxylic acids is 2. The van der Waals surface area contributed by atoms with Gasteiger partial charge >= 0.3 is 0 Å². The van der Waals surface area contributed by atoms with E-state index < -0.39 is 6.10 Å². The van der Waals surface area contributed by atoms with Crippen LogP contribution in [0.4, 0.5) is 0 Å². The number of hydrogen-bond donors (Lipinski definition) is 1. The van der Waals surface area contributed by atoms with Crippen LogP contribution in [0.3, 0.4) is 0 Å². The van der Waals surface area contributed by atoms with Crippen LogP contribution in [0.1, 0.15) is 19.4 Å². The number of nitrogens with zero attached hydrogens (tertiary/aromatic N) is 1. The minimum absolute atomic E-state index is 0.0355. The van der Waals surface area contributed by atoms with E-state index >= 15 is 0 Å². The molecular weight excluding hydrogens is 387 g/mol. The van der Waals surface area contributed by atoms with E-state index in [9.17, 15) is 9.59 Å². The average molecular weight is 409 g/mol. The van der Waals surface area contributed by atoms with Crippen molar-refractivity contribution in [2.75, 3.05) is 13.1 Å². The number of likely N-dealkylation sites (N-methyl/N-ethyl adjacent to an activating group) is 1. The SMILES string of the molecule is CCN(CC(=O)NCc1ccc(Cl)cc1)C(=O)C(C)Oc1cccc(Cl)c1. The molecule has 2 aromatic rings. The van der Waals surface area contributed by atoms with Crippen LogP contribution in [0.25, 0.3) is 0 Å². The van der Waals surface area contributed by atoms with Crippen molar-refractivity contribution in [3.63, 3.8) is 0 Å². The monoisotopic (exact) mass is 408 g/mol. The molecule has 2 rings (SSSR count). The Hall–Kier alpha value is -2.24. The molecule has 144 valence electrons. The van der Waals surface area contributed by atoms with Gasteiger partial charge in [0.1, 0.15) is 5.75 Å². The molecule has 0 heterocycles. The molecule has 0 aromatic heterocycles. The lowest BCUT2D eigenvalue weighted by Gasteiger charge is -2.24. The summed E-state index contributed by atoms with van der Waals surface area (Å²) in [6.45, 7) is 4.20. The van der Waals surface area contributed by atoms with Gasteiger partial charge in [0.25, 0.3) is 5.91 Å². The molecule has 0 saturated heterocycles. The first-order chi connectivity index (χ1) is 12.9. The van der Waals surface area contributed by atoms with Crippen molar-refractivity contribution in [3.05, 3.63) is 64.1 Å². The Morgan fingerprint density at radius 3 is 2.44 bits per heavy atom. The molecular formula is C20H22Cl2N2O3. The van der Waals surface area contributed by atoms with Gasteiger partial charge in [0.05, 0.1) is 6.54 Å². The van der Waals surface area contributed by atoms with E-state index in [1.54, 1.807) is 43.3 Å². The van der Waals surface area contributed by atoms with Gasteiger partial charge in [0, 0.05) is 23.1 Å². The van der Waals surface area contributed by atoms with Crippen LogP contribution in [-0.2, 0) is 16.1 Å². The van der Waals surface area contributed by atoms with Crippen LogP contribution < -0.4 is 10.1 Å². The van der Waals surface area contributed by atoms with E-state index in [1.807, 2.05) is 19.1 Å². The van der Waals surface area contributed by atoms with E-state index in [0.717, 1.165) is 5.56 Å². The van der Waals surface area contributed by atoms with E-state index in [4.69, 9.17) is 27.9 Å². The molecule has 0 bridgehead atoms. The van der Waals surface area contributed by atoms with Crippen molar-refractivity contribution >= 4 is 35.0 Å². The highest BCUT2D eigenvalue weighted by Gasteiger charge is 2.23. The van der Waals surface area contributed by atoms with Gasteiger partial charge in [-0.3, -0.25) is 9.59 Å². The maximum absolute atomic E-state index is 12.6. The lowest BCUT2D eigenvalue weighted by atomic mass is 10.2. The Kier molecular flexibility index (Phi) is 7.95. The fraction of sp³-hybridized carbons (Fsp3) is 0.300. The number of nitrogens with one attached hydrogen (secondary N) is 1. The van der Waals surface area contributed by atoms with Crippen LogP contribution in [0.2, 0.25) is 10.0 Å². The number of ether oxygens (including phenoxy) is 1. The largest absolute Gasteiger partial charge is 0.481 e. The maximum Gasteiger partial charge on any atom is 0.263 e. The molecule has 0 radical (unpaired) electrons. The van der Waals surface area contributed by atoms with Crippen molar-refractivity contribution in [2.24, 2.45) is 0 Å². The summed E-state index contributed by atoms with van der Waals surface area (Å²) < 4.78 is 5.64. The highest BCUT2D eigenvalue weighted by Crippen LogP contribution is 2.18. The Morgan fingerprint density at radius 1 is 1.11 bits per heavy atom. The van der Waals surface area contributed by atoms with Crippen LogP contribution in [0, 0.1) is 0 Å². The number of hydrogen-bond acceptors (Lipinski definition) is 3. The van der Waals surface area contributed by atoms with Gasteiger partial charge in [0.2, 0.25) is 5.91 Å². The summed E-state index contributed by atoms with van der Waals surface area (Å²) in [5, 5.41) is 3.97. The summed E-state index contributed by atoms with van der Waals surface area (Å²) in [5.74, 6) is 0.000756. The molecule has 5 nitrogen and oxygen atoms in total. The summed E-state index contributed by atoms with van der Waals surface area (Å²) in [5.41, 5.74) is 0.930. The van der Waals surface area contributed by atoms with Gasteiger partial charge in [0.15, 0.2) is 6.10 Å². The van der Waals surface area contributed by atoms with Crippen LogP contribution in [0.5, 0.6) is 5.75 Å². The van der Waals surface area contributed by atoms with Gasteiger partial charge in [-0.25, -0.2) is 0 Å². The minimum Gasteiger partial charge on any atom is -0.481 e. The van der Waals surface area contributed by atoms with Gasteiger partial charge in [-0.05, 0) is 49.7 Å². The van der Waals surface area contributed by atoms with Gasteiger partial charge < -0.3 is 15.0 Å². The minimum atomic E-state index is -0.729. The van der Waals surface area contributed by atoms with Crippen molar-refractivity contribution in [3.8, 4) is 5.75 Å².